The molecule has 5 nitrogen and oxygen atoms in total. The van der Waals surface area contributed by atoms with Gasteiger partial charge in [-0.05, 0) is 41.8 Å². The molecule has 0 saturated heterocycles. The van der Waals surface area contributed by atoms with Crippen LogP contribution in [0, 0.1) is 0 Å². The number of aryl methyl sites for hydroxylation is 1. The maximum atomic E-state index is 11.9. The molecule has 25 heavy (non-hydrogen) atoms. The molecule has 0 aromatic heterocycles. The van der Waals surface area contributed by atoms with Gasteiger partial charge in [0.05, 0.1) is 6.21 Å². The SMILES string of the molecule is CCc1ccc(NC(=O)CCC(=O)NN=Cc2cccc(Cl)c2)cc1. The Kier molecular flexibility index (Phi) is 7.16. The Bertz CT molecular complexity index is 758. The van der Waals surface area contributed by atoms with Gasteiger partial charge in [-0.25, -0.2) is 5.43 Å². The molecule has 0 bridgehead atoms. The number of halogens is 1. The lowest BCUT2D eigenvalue weighted by atomic mass is 10.1. The van der Waals surface area contributed by atoms with Crippen molar-refractivity contribution in [2.45, 2.75) is 26.2 Å². The maximum Gasteiger partial charge on any atom is 0.240 e. The van der Waals surface area contributed by atoms with Crippen LogP contribution in [0.1, 0.15) is 30.9 Å². The van der Waals surface area contributed by atoms with E-state index in [4.69, 9.17) is 11.6 Å². The number of hydrogen-bond acceptors (Lipinski definition) is 3. The van der Waals surface area contributed by atoms with Crippen molar-refractivity contribution in [2.24, 2.45) is 5.10 Å². The molecule has 2 aromatic carbocycles. The minimum atomic E-state index is -0.324. The molecular formula is C19H20ClN3O2. The fraction of sp³-hybridized carbons (Fsp3) is 0.211. The summed E-state index contributed by atoms with van der Waals surface area (Å²) in [6.45, 7) is 2.07. The second-order valence-corrected chi connectivity index (χ2v) is 5.88. The van der Waals surface area contributed by atoms with E-state index >= 15 is 0 Å². The van der Waals surface area contributed by atoms with Gasteiger partial charge in [0.1, 0.15) is 0 Å². The molecule has 2 aromatic rings. The number of rotatable bonds is 7. The number of hydrogen-bond donors (Lipinski definition) is 2. The summed E-state index contributed by atoms with van der Waals surface area (Å²) in [6.07, 6.45) is 2.60. The fourth-order valence-corrected chi connectivity index (χ4v) is 2.29. The van der Waals surface area contributed by atoms with E-state index in [-0.39, 0.29) is 24.7 Å². The number of nitrogens with zero attached hydrogens (tertiary/aromatic N) is 1. The van der Waals surface area contributed by atoms with Crippen LogP contribution in [0.5, 0.6) is 0 Å². The first-order valence-corrected chi connectivity index (χ1v) is 8.41. The number of anilines is 1. The van der Waals surface area contributed by atoms with Gasteiger partial charge < -0.3 is 5.32 Å². The third-order valence-electron chi connectivity index (χ3n) is 3.48. The average Bonchev–Trinajstić information content (AvgIpc) is 2.61. The smallest absolute Gasteiger partial charge is 0.240 e. The summed E-state index contributed by atoms with van der Waals surface area (Å²) in [4.78, 5) is 23.6. The van der Waals surface area contributed by atoms with Gasteiger partial charge in [0.25, 0.3) is 0 Å². The zero-order chi connectivity index (χ0) is 18.1. The summed E-state index contributed by atoms with van der Waals surface area (Å²) in [7, 11) is 0. The predicted molar refractivity (Wildman–Crippen MR) is 101 cm³/mol. The fourth-order valence-electron chi connectivity index (χ4n) is 2.10. The van der Waals surface area contributed by atoms with Crippen LogP contribution < -0.4 is 10.7 Å². The number of benzene rings is 2. The lowest BCUT2D eigenvalue weighted by Crippen LogP contribution is -2.20. The molecule has 0 aliphatic heterocycles. The van der Waals surface area contributed by atoms with E-state index in [0.717, 1.165) is 17.7 Å². The Morgan fingerprint density at radius 2 is 1.80 bits per heavy atom. The molecule has 0 saturated carbocycles. The summed E-state index contributed by atoms with van der Waals surface area (Å²) in [5.74, 6) is -0.534. The molecule has 0 spiro atoms. The van der Waals surface area contributed by atoms with Gasteiger partial charge >= 0.3 is 0 Å². The highest BCUT2D eigenvalue weighted by atomic mass is 35.5. The minimum Gasteiger partial charge on any atom is -0.326 e. The van der Waals surface area contributed by atoms with Gasteiger partial charge in [-0.2, -0.15) is 5.10 Å². The maximum absolute atomic E-state index is 11.9. The van der Waals surface area contributed by atoms with Gasteiger partial charge in [0, 0.05) is 23.6 Å². The summed E-state index contributed by atoms with van der Waals surface area (Å²) < 4.78 is 0. The Labute approximate surface area is 152 Å². The van der Waals surface area contributed by atoms with E-state index in [1.54, 1.807) is 18.2 Å². The summed E-state index contributed by atoms with van der Waals surface area (Å²) in [5.41, 5.74) is 5.10. The zero-order valence-electron chi connectivity index (χ0n) is 14.0. The van der Waals surface area contributed by atoms with Crippen LogP contribution in [0.4, 0.5) is 5.69 Å². The third-order valence-corrected chi connectivity index (χ3v) is 3.71. The second-order valence-electron chi connectivity index (χ2n) is 5.45. The molecule has 0 aliphatic carbocycles. The first kappa shape index (κ1) is 18.7. The highest BCUT2D eigenvalue weighted by molar-refractivity contribution is 6.30. The van der Waals surface area contributed by atoms with Gasteiger partial charge in [-0.15, -0.1) is 0 Å². The Balaban J connectivity index is 1.72. The first-order chi connectivity index (χ1) is 12.1. The van der Waals surface area contributed by atoms with Gasteiger partial charge in [-0.1, -0.05) is 42.8 Å². The van der Waals surface area contributed by atoms with Crippen LogP contribution in [-0.2, 0) is 16.0 Å². The van der Waals surface area contributed by atoms with Crippen molar-refractivity contribution in [3.05, 3.63) is 64.7 Å². The molecule has 6 heteroatoms. The van der Waals surface area contributed by atoms with Crippen molar-refractivity contribution in [1.82, 2.24) is 5.43 Å². The monoisotopic (exact) mass is 357 g/mol. The molecular weight excluding hydrogens is 338 g/mol. The predicted octanol–water partition coefficient (Wildman–Crippen LogP) is 3.77. The summed E-state index contributed by atoms with van der Waals surface area (Å²) >= 11 is 5.86. The largest absolute Gasteiger partial charge is 0.326 e. The van der Waals surface area contributed by atoms with E-state index in [0.29, 0.717) is 5.02 Å². The van der Waals surface area contributed by atoms with Crippen LogP contribution in [0.2, 0.25) is 5.02 Å². The number of carbonyl (C=O) groups excluding carboxylic acids is 2. The van der Waals surface area contributed by atoms with Crippen molar-refractivity contribution in [1.29, 1.82) is 0 Å². The number of amides is 2. The van der Waals surface area contributed by atoms with E-state index in [1.807, 2.05) is 30.3 Å². The zero-order valence-corrected chi connectivity index (χ0v) is 14.7. The highest BCUT2D eigenvalue weighted by Gasteiger charge is 2.06. The van der Waals surface area contributed by atoms with Crippen LogP contribution in [0.3, 0.4) is 0 Å². The van der Waals surface area contributed by atoms with Crippen LogP contribution in [-0.4, -0.2) is 18.0 Å². The summed E-state index contributed by atoms with van der Waals surface area (Å²) in [6, 6.07) is 14.7. The number of nitrogens with one attached hydrogen (secondary N) is 2. The van der Waals surface area contributed by atoms with Crippen molar-refractivity contribution in [2.75, 3.05) is 5.32 Å². The van der Waals surface area contributed by atoms with Crippen molar-refractivity contribution in [3.8, 4) is 0 Å². The molecule has 0 unspecified atom stereocenters. The third kappa shape index (κ3) is 6.77. The molecule has 2 amide bonds. The Morgan fingerprint density at radius 3 is 2.48 bits per heavy atom. The van der Waals surface area contributed by atoms with Gasteiger partial charge in [0.2, 0.25) is 11.8 Å². The summed E-state index contributed by atoms with van der Waals surface area (Å²) in [5, 5.41) is 7.21. The standard InChI is InChI=1S/C19H20ClN3O2/c1-2-14-6-8-17(9-7-14)22-18(24)10-11-19(25)23-21-13-15-4-3-5-16(20)12-15/h3-9,12-13H,2,10-11H2,1H3,(H,22,24)(H,23,25). The second kappa shape index (κ2) is 9.59. The van der Waals surface area contributed by atoms with E-state index in [9.17, 15) is 9.59 Å². The highest BCUT2D eigenvalue weighted by Crippen LogP contribution is 2.11. The van der Waals surface area contributed by atoms with Crippen LogP contribution in [0.15, 0.2) is 53.6 Å². The topological polar surface area (TPSA) is 70.6 Å². The normalized spacial score (nSPS) is 10.6. The van der Waals surface area contributed by atoms with Crippen LogP contribution in [0.25, 0.3) is 0 Å². The van der Waals surface area contributed by atoms with Gasteiger partial charge in [0.15, 0.2) is 0 Å². The van der Waals surface area contributed by atoms with Gasteiger partial charge in [-0.3, -0.25) is 9.59 Å². The molecule has 130 valence electrons. The van der Waals surface area contributed by atoms with Crippen molar-refractivity contribution in [3.63, 3.8) is 0 Å². The quantitative estimate of drug-likeness (QED) is 0.585. The van der Waals surface area contributed by atoms with E-state index in [1.165, 1.54) is 11.8 Å². The first-order valence-electron chi connectivity index (χ1n) is 8.03. The molecule has 2 rings (SSSR count). The lowest BCUT2D eigenvalue weighted by molar-refractivity contribution is -0.124. The molecule has 0 fully saturated rings. The average molecular weight is 358 g/mol. The van der Waals surface area contributed by atoms with Crippen molar-refractivity contribution < 1.29 is 9.59 Å². The Morgan fingerprint density at radius 1 is 1.08 bits per heavy atom. The molecule has 0 aliphatic rings. The number of hydrazone groups is 1. The van der Waals surface area contributed by atoms with Crippen LogP contribution >= 0.6 is 11.6 Å². The minimum absolute atomic E-state index is 0.0613. The molecule has 0 atom stereocenters. The Hall–Kier alpha value is -2.66. The van der Waals surface area contributed by atoms with E-state index < -0.39 is 0 Å². The molecule has 0 radical (unpaired) electrons. The number of carbonyl (C=O) groups is 2. The van der Waals surface area contributed by atoms with Crippen molar-refractivity contribution >= 4 is 35.3 Å². The lowest BCUT2D eigenvalue weighted by Gasteiger charge is -2.05. The molecule has 0 heterocycles. The van der Waals surface area contributed by atoms with E-state index in [2.05, 4.69) is 22.8 Å². The molecule has 2 N–H and O–H groups in total.